The van der Waals surface area contributed by atoms with Crippen molar-refractivity contribution in [3.63, 3.8) is 0 Å². The molecule has 0 radical (unpaired) electrons. The van der Waals surface area contributed by atoms with Gasteiger partial charge in [0.1, 0.15) is 0 Å². The van der Waals surface area contributed by atoms with Crippen LogP contribution in [0.25, 0.3) is 5.69 Å². The van der Waals surface area contributed by atoms with Crippen LogP contribution in [0.1, 0.15) is 32.9 Å². The number of nitrogens with one attached hydrogen (secondary N) is 1. The second kappa shape index (κ2) is 10.5. The molecule has 1 N–H and O–H groups in total. The standard InChI is InChI=1S/C24H24ClN3O3S/c1-15-12-18(13-26-27-23(29)14-32-20-10-8-19(25)9-11-20)17(3)28(15)22-7-5-6-21(16(22)2)24(30)31-4/h5-13H,14H2,1-4H3,(H,27,29)/b26-13-. The van der Waals surface area contributed by atoms with Crippen molar-refractivity contribution in [2.45, 2.75) is 25.7 Å². The highest BCUT2D eigenvalue weighted by Gasteiger charge is 2.16. The molecule has 1 aromatic heterocycles. The van der Waals surface area contributed by atoms with Crippen LogP contribution < -0.4 is 5.43 Å². The molecule has 1 heterocycles. The van der Waals surface area contributed by atoms with E-state index in [0.29, 0.717) is 10.6 Å². The topological polar surface area (TPSA) is 72.7 Å². The molecule has 166 valence electrons. The summed E-state index contributed by atoms with van der Waals surface area (Å²) in [6.07, 6.45) is 1.63. The summed E-state index contributed by atoms with van der Waals surface area (Å²) >= 11 is 7.28. The Bertz CT molecular complexity index is 1170. The van der Waals surface area contributed by atoms with Crippen molar-refractivity contribution in [2.75, 3.05) is 12.9 Å². The van der Waals surface area contributed by atoms with Gasteiger partial charge in [-0.1, -0.05) is 17.7 Å². The van der Waals surface area contributed by atoms with Crippen LogP contribution >= 0.6 is 23.4 Å². The van der Waals surface area contributed by atoms with E-state index < -0.39 is 0 Å². The van der Waals surface area contributed by atoms with E-state index in [-0.39, 0.29) is 17.6 Å². The van der Waals surface area contributed by atoms with Crippen LogP contribution in [-0.2, 0) is 9.53 Å². The number of aromatic nitrogens is 1. The van der Waals surface area contributed by atoms with Gasteiger partial charge in [-0.2, -0.15) is 5.10 Å². The molecule has 0 aliphatic rings. The molecule has 0 aliphatic heterocycles. The number of thioether (sulfide) groups is 1. The molecule has 1 amide bonds. The van der Waals surface area contributed by atoms with Gasteiger partial charge < -0.3 is 9.30 Å². The van der Waals surface area contributed by atoms with Crippen molar-refractivity contribution in [3.05, 3.63) is 81.6 Å². The number of benzene rings is 2. The van der Waals surface area contributed by atoms with Crippen molar-refractivity contribution in [1.29, 1.82) is 0 Å². The van der Waals surface area contributed by atoms with E-state index in [9.17, 15) is 9.59 Å². The fourth-order valence-electron chi connectivity index (χ4n) is 3.37. The average Bonchev–Trinajstić information content (AvgIpc) is 3.06. The molecular weight excluding hydrogens is 446 g/mol. The number of halogens is 1. The zero-order chi connectivity index (χ0) is 23.3. The van der Waals surface area contributed by atoms with Crippen LogP contribution in [-0.4, -0.2) is 35.5 Å². The van der Waals surface area contributed by atoms with Crippen LogP contribution in [0, 0.1) is 20.8 Å². The minimum Gasteiger partial charge on any atom is -0.465 e. The Labute approximate surface area is 196 Å². The molecule has 0 fully saturated rings. The van der Waals surface area contributed by atoms with Gasteiger partial charge in [0.2, 0.25) is 5.91 Å². The van der Waals surface area contributed by atoms with Crippen molar-refractivity contribution >= 4 is 41.5 Å². The van der Waals surface area contributed by atoms with Crippen molar-refractivity contribution in [1.82, 2.24) is 9.99 Å². The first-order valence-corrected chi connectivity index (χ1v) is 11.3. The van der Waals surface area contributed by atoms with E-state index in [1.54, 1.807) is 24.4 Å². The number of carbonyl (C=O) groups excluding carboxylic acids is 2. The zero-order valence-electron chi connectivity index (χ0n) is 18.3. The molecule has 6 nitrogen and oxygen atoms in total. The number of ether oxygens (including phenoxy) is 1. The highest BCUT2D eigenvalue weighted by molar-refractivity contribution is 8.00. The van der Waals surface area contributed by atoms with Gasteiger partial charge in [0.05, 0.1) is 24.6 Å². The Hall–Kier alpha value is -3.03. The van der Waals surface area contributed by atoms with E-state index in [1.807, 2.05) is 51.1 Å². The third kappa shape index (κ3) is 5.41. The predicted octanol–water partition coefficient (Wildman–Crippen LogP) is 5.08. The number of methoxy groups -OCH3 is 1. The van der Waals surface area contributed by atoms with E-state index in [1.165, 1.54) is 18.9 Å². The van der Waals surface area contributed by atoms with E-state index in [4.69, 9.17) is 16.3 Å². The van der Waals surface area contributed by atoms with Crippen LogP contribution in [0.2, 0.25) is 5.02 Å². The van der Waals surface area contributed by atoms with Gasteiger partial charge >= 0.3 is 5.97 Å². The minimum absolute atomic E-state index is 0.198. The third-order valence-corrected chi connectivity index (χ3v) is 6.26. The number of esters is 1. The van der Waals surface area contributed by atoms with Crippen LogP contribution in [0.15, 0.2) is 58.5 Å². The smallest absolute Gasteiger partial charge is 0.338 e. The van der Waals surface area contributed by atoms with Gasteiger partial charge in [-0.3, -0.25) is 4.79 Å². The van der Waals surface area contributed by atoms with Gasteiger partial charge in [-0.15, -0.1) is 11.8 Å². The van der Waals surface area contributed by atoms with Gasteiger partial charge in [-0.25, -0.2) is 10.2 Å². The maximum atomic E-state index is 12.1. The largest absolute Gasteiger partial charge is 0.465 e. The first kappa shape index (κ1) is 23.6. The van der Waals surface area contributed by atoms with Gasteiger partial charge in [-0.05, 0) is 68.8 Å². The summed E-state index contributed by atoms with van der Waals surface area (Å²) in [4.78, 5) is 25.1. The monoisotopic (exact) mass is 469 g/mol. The zero-order valence-corrected chi connectivity index (χ0v) is 19.9. The quantitative estimate of drug-likeness (QED) is 0.226. The van der Waals surface area contributed by atoms with E-state index in [2.05, 4.69) is 15.1 Å². The number of aryl methyl sites for hydroxylation is 1. The molecule has 3 rings (SSSR count). The molecular formula is C24H24ClN3O3S. The Balaban J connectivity index is 1.71. The lowest BCUT2D eigenvalue weighted by molar-refractivity contribution is -0.118. The van der Waals surface area contributed by atoms with Gasteiger partial charge in [0, 0.05) is 32.6 Å². The molecule has 0 aliphatic carbocycles. The highest BCUT2D eigenvalue weighted by atomic mass is 35.5. The van der Waals surface area contributed by atoms with Gasteiger partial charge in [0.25, 0.3) is 0 Å². The molecule has 2 aromatic carbocycles. The predicted molar refractivity (Wildman–Crippen MR) is 129 cm³/mol. The maximum absolute atomic E-state index is 12.1. The van der Waals surface area contributed by atoms with Crippen LogP contribution in [0.4, 0.5) is 0 Å². The fourth-order valence-corrected chi connectivity index (χ4v) is 4.19. The molecule has 8 heteroatoms. The van der Waals surface area contributed by atoms with Crippen molar-refractivity contribution in [3.8, 4) is 5.69 Å². The third-order valence-electron chi connectivity index (χ3n) is 5.00. The second-order valence-electron chi connectivity index (χ2n) is 7.14. The van der Waals surface area contributed by atoms with Crippen molar-refractivity contribution < 1.29 is 14.3 Å². The molecule has 3 aromatic rings. The van der Waals surface area contributed by atoms with E-state index >= 15 is 0 Å². The number of hydrogen-bond acceptors (Lipinski definition) is 5. The van der Waals surface area contributed by atoms with Crippen LogP contribution in [0.5, 0.6) is 0 Å². The molecule has 32 heavy (non-hydrogen) atoms. The summed E-state index contributed by atoms with van der Waals surface area (Å²) in [5, 5.41) is 4.77. The number of hydrogen-bond donors (Lipinski definition) is 1. The lowest BCUT2D eigenvalue weighted by Crippen LogP contribution is -2.19. The second-order valence-corrected chi connectivity index (χ2v) is 8.62. The van der Waals surface area contributed by atoms with Crippen molar-refractivity contribution in [2.24, 2.45) is 5.10 Å². The lowest BCUT2D eigenvalue weighted by atomic mass is 10.1. The summed E-state index contributed by atoms with van der Waals surface area (Å²) in [5.74, 6) is -0.318. The molecule has 0 unspecified atom stereocenters. The number of amides is 1. The number of nitrogens with zero attached hydrogens (tertiary/aromatic N) is 2. The molecule has 0 saturated carbocycles. The number of rotatable bonds is 7. The van der Waals surface area contributed by atoms with E-state index in [0.717, 1.165) is 33.1 Å². The minimum atomic E-state index is -0.368. The molecule has 0 atom stereocenters. The highest BCUT2D eigenvalue weighted by Crippen LogP contribution is 2.25. The lowest BCUT2D eigenvalue weighted by Gasteiger charge is -2.15. The summed E-state index contributed by atoms with van der Waals surface area (Å²) in [6.45, 7) is 5.85. The Morgan fingerprint density at radius 2 is 1.88 bits per heavy atom. The van der Waals surface area contributed by atoms with Crippen LogP contribution in [0.3, 0.4) is 0 Å². The first-order valence-electron chi connectivity index (χ1n) is 9.89. The molecule has 0 saturated heterocycles. The maximum Gasteiger partial charge on any atom is 0.338 e. The molecule has 0 spiro atoms. The average molecular weight is 470 g/mol. The Morgan fingerprint density at radius 1 is 1.16 bits per heavy atom. The summed E-state index contributed by atoms with van der Waals surface area (Å²) in [7, 11) is 1.37. The number of hydrazone groups is 1. The summed E-state index contributed by atoms with van der Waals surface area (Å²) in [5.41, 5.74) is 7.62. The van der Waals surface area contributed by atoms with Gasteiger partial charge in [0.15, 0.2) is 0 Å². The molecule has 0 bridgehead atoms. The summed E-state index contributed by atoms with van der Waals surface area (Å²) in [6, 6.07) is 14.8. The SMILES string of the molecule is COC(=O)c1cccc(-n2c(C)cc(/C=N\NC(=O)CSc3ccc(Cl)cc3)c2C)c1C. The Morgan fingerprint density at radius 3 is 2.56 bits per heavy atom. The Kier molecular flexibility index (Phi) is 7.77. The number of carbonyl (C=O) groups is 2. The fraction of sp³-hybridized carbons (Fsp3) is 0.208. The first-order chi connectivity index (χ1) is 15.3. The summed E-state index contributed by atoms with van der Waals surface area (Å²) < 4.78 is 6.94. The normalized spacial score (nSPS) is 11.0.